The SMILES string of the molecule is CC(=C(C)c1ccc(-c2ccc(N(c3ccc(-c4ccc(C(C)=C(C)c5ccccc5)cc4)cc3)c3ccc(-c4ccc(C(C)=C(C)c5ccccc5)cc4)cc3)cc2)cc1)c1ccccc1. The normalized spacial score (nSPS) is 12.4. The summed E-state index contributed by atoms with van der Waals surface area (Å²) >= 11 is 0. The largest absolute Gasteiger partial charge is 0.311 e. The Morgan fingerprint density at radius 2 is 0.358 bits per heavy atom. The van der Waals surface area contributed by atoms with Gasteiger partial charge in [0.2, 0.25) is 0 Å². The fourth-order valence-electron chi connectivity index (χ4n) is 8.96. The molecule has 0 spiro atoms. The predicted molar refractivity (Wildman–Crippen MR) is 291 cm³/mol. The Morgan fingerprint density at radius 3 is 0.552 bits per heavy atom. The van der Waals surface area contributed by atoms with Gasteiger partial charge in [-0.3, -0.25) is 0 Å². The van der Waals surface area contributed by atoms with Crippen molar-refractivity contribution in [1.29, 1.82) is 0 Å². The second-order valence-corrected chi connectivity index (χ2v) is 17.6. The van der Waals surface area contributed by atoms with Crippen molar-refractivity contribution in [1.82, 2.24) is 0 Å². The van der Waals surface area contributed by atoms with Crippen LogP contribution in [0.15, 0.2) is 237 Å². The molecule has 0 aliphatic carbocycles. The van der Waals surface area contributed by atoms with Crippen LogP contribution < -0.4 is 4.90 Å². The number of allylic oxidation sites excluding steroid dienone is 6. The summed E-state index contributed by atoms with van der Waals surface area (Å²) in [4.78, 5) is 2.36. The van der Waals surface area contributed by atoms with Crippen LogP contribution in [0.5, 0.6) is 0 Å². The summed E-state index contributed by atoms with van der Waals surface area (Å²) in [5.74, 6) is 0. The molecule has 0 amide bonds. The van der Waals surface area contributed by atoms with E-state index in [1.54, 1.807) is 0 Å². The first-order chi connectivity index (χ1) is 32.7. The lowest BCUT2D eigenvalue weighted by Gasteiger charge is -2.26. The predicted octanol–water partition coefficient (Wildman–Crippen LogP) is 19.0. The van der Waals surface area contributed by atoms with Crippen LogP contribution in [0.25, 0.3) is 66.8 Å². The molecule has 0 bridgehead atoms. The first-order valence-electron chi connectivity index (χ1n) is 23.3. The summed E-state index contributed by atoms with van der Waals surface area (Å²) in [6, 6.07) is 85.7. The average Bonchev–Trinajstić information content (AvgIpc) is 3.41. The molecule has 67 heavy (non-hydrogen) atoms. The van der Waals surface area contributed by atoms with Gasteiger partial charge in [0.1, 0.15) is 0 Å². The molecule has 9 aromatic carbocycles. The summed E-state index contributed by atoms with van der Waals surface area (Å²) in [5.41, 5.74) is 25.7. The lowest BCUT2D eigenvalue weighted by molar-refractivity contribution is 1.28. The van der Waals surface area contributed by atoms with Gasteiger partial charge in [0.05, 0.1) is 0 Å². The number of hydrogen-bond acceptors (Lipinski definition) is 1. The lowest BCUT2D eigenvalue weighted by atomic mass is 9.95. The average molecular weight is 864 g/mol. The third-order valence-corrected chi connectivity index (χ3v) is 13.6. The molecule has 326 valence electrons. The van der Waals surface area contributed by atoms with Gasteiger partial charge in [-0.1, -0.05) is 200 Å². The summed E-state index contributed by atoms with van der Waals surface area (Å²) in [6.45, 7) is 13.3. The van der Waals surface area contributed by atoms with Crippen molar-refractivity contribution in [2.75, 3.05) is 4.90 Å². The van der Waals surface area contributed by atoms with Crippen LogP contribution in [-0.2, 0) is 0 Å². The van der Waals surface area contributed by atoms with Crippen molar-refractivity contribution < 1.29 is 0 Å². The Labute approximate surface area is 398 Å². The lowest BCUT2D eigenvalue weighted by Crippen LogP contribution is -2.09. The van der Waals surface area contributed by atoms with Crippen molar-refractivity contribution >= 4 is 50.5 Å². The van der Waals surface area contributed by atoms with E-state index in [2.05, 4.69) is 283 Å². The fourth-order valence-corrected chi connectivity index (χ4v) is 8.96. The second kappa shape index (κ2) is 20.0. The molecule has 0 radical (unpaired) electrons. The Balaban J connectivity index is 1.00. The standard InChI is InChI=1S/C66H57N/c1-46(52-16-10-7-11-17-52)49(4)55-22-28-58(29-23-55)61-34-40-64(41-35-61)67(65-42-36-62(37-43-65)59-30-24-56(25-31-59)50(5)47(2)53-18-12-8-13-19-53)66-44-38-63(39-45-66)60-32-26-57(27-33-60)51(6)48(3)54-20-14-9-15-21-54/h7-45H,1-6H3. The summed E-state index contributed by atoms with van der Waals surface area (Å²) in [6.07, 6.45) is 0. The van der Waals surface area contributed by atoms with Crippen molar-refractivity contribution in [3.8, 4) is 33.4 Å². The maximum absolute atomic E-state index is 2.36. The molecule has 9 aromatic rings. The molecule has 0 atom stereocenters. The Hall–Kier alpha value is -8.00. The van der Waals surface area contributed by atoms with Crippen LogP contribution in [0.4, 0.5) is 17.1 Å². The molecule has 1 heteroatoms. The van der Waals surface area contributed by atoms with Crippen molar-refractivity contribution in [3.63, 3.8) is 0 Å². The van der Waals surface area contributed by atoms with Gasteiger partial charge < -0.3 is 4.90 Å². The maximum Gasteiger partial charge on any atom is 0.0462 e. The molecular weight excluding hydrogens is 807 g/mol. The quantitative estimate of drug-likeness (QED) is 0.111. The van der Waals surface area contributed by atoms with Gasteiger partial charge in [-0.05, 0) is 178 Å². The molecular formula is C66H57N. The Bertz CT molecular complexity index is 2820. The number of hydrogen-bond donors (Lipinski definition) is 0. The monoisotopic (exact) mass is 863 g/mol. The topological polar surface area (TPSA) is 3.24 Å². The van der Waals surface area contributed by atoms with Crippen LogP contribution >= 0.6 is 0 Å². The Morgan fingerprint density at radius 1 is 0.194 bits per heavy atom. The summed E-state index contributed by atoms with van der Waals surface area (Å²) < 4.78 is 0. The molecule has 0 unspecified atom stereocenters. The molecule has 0 aliphatic heterocycles. The number of benzene rings is 9. The van der Waals surface area contributed by atoms with Crippen LogP contribution in [0.2, 0.25) is 0 Å². The fraction of sp³-hybridized carbons (Fsp3) is 0.0909. The van der Waals surface area contributed by atoms with Gasteiger partial charge in [0.25, 0.3) is 0 Å². The van der Waals surface area contributed by atoms with E-state index in [1.165, 1.54) is 100 Å². The number of nitrogens with zero attached hydrogens (tertiary/aromatic N) is 1. The highest BCUT2D eigenvalue weighted by molar-refractivity contribution is 5.92. The zero-order valence-electron chi connectivity index (χ0n) is 39.5. The van der Waals surface area contributed by atoms with E-state index in [-0.39, 0.29) is 0 Å². The van der Waals surface area contributed by atoms with E-state index in [0.717, 1.165) is 17.1 Å². The second-order valence-electron chi connectivity index (χ2n) is 17.6. The van der Waals surface area contributed by atoms with Gasteiger partial charge in [0.15, 0.2) is 0 Å². The zero-order valence-corrected chi connectivity index (χ0v) is 39.5. The maximum atomic E-state index is 2.36. The van der Waals surface area contributed by atoms with Crippen molar-refractivity contribution in [2.45, 2.75) is 41.5 Å². The van der Waals surface area contributed by atoms with E-state index in [9.17, 15) is 0 Å². The van der Waals surface area contributed by atoms with Crippen LogP contribution in [-0.4, -0.2) is 0 Å². The molecule has 1 nitrogen and oxygen atoms in total. The first-order valence-corrected chi connectivity index (χ1v) is 23.3. The van der Waals surface area contributed by atoms with E-state index in [4.69, 9.17) is 0 Å². The smallest absolute Gasteiger partial charge is 0.0462 e. The van der Waals surface area contributed by atoms with Gasteiger partial charge in [-0.15, -0.1) is 0 Å². The number of anilines is 3. The van der Waals surface area contributed by atoms with E-state index in [1.807, 2.05) is 0 Å². The van der Waals surface area contributed by atoms with Gasteiger partial charge >= 0.3 is 0 Å². The van der Waals surface area contributed by atoms with Gasteiger partial charge in [-0.2, -0.15) is 0 Å². The minimum Gasteiger partial charge on any atom is -0.311 e. The highest BCUT2D eigenvalue weighted by Crippen LogP contribution is 2.39. The molecule has 0 aromatic heterocycles. The van der Waals surface area contributed by atoms with Crippen LogP contribution in [0.1, 0.15) is 74.9 Å². The third kappa shape index (κ3) is 9.83. The third-order valence-electron chi connectivity index (χ3n) is 13.6. The van der Waals surface area contributed by atoms with Gasteiger partial charge in [0, 0.05) is 17.1 Å². The molecule has 0 saturated heterocycles. The van der Waals surface area contributed by atoms with Crippen LogP contribution in [0, 0.1) is 0 Å². The summed E-state index contributed by atoms with van der Waals surface area (Å²) in [5, 5.41) is 0. The number of rotatable bonds is 12. The molecule has 0 fully saturated rings. The minimum absolute atomic E-state index is 1.10. The highest BCUT2D eigenvalue weighted by atomic mass is 15.1. The minimum atomic E-state index is 1.10. The summed E-state index contributed by atoms with van der Waals surface area (Å²) in [7, 11) is 0. The van der Waals surface area contributed by atoms with E-state index in [0.29, 0.717) is 0 Å². The van der Waals surface area contributed by atoms with Gasteiger partial charge in [-0.25, -0.2) is 0 Å². The van der Waals surface area contributed by atoms with Crippen molar-refractivity contribution in [3.05, 3.63) is 270 Å². The van der Waals surface area contributed by atoms with E-state index >= 15 is 0 Å². The zero-order chi connectivity index (χ0) is 46.3. The molecule has 0 N–H and O–H groups in total. The molecule has 0 saturated carbocycles. The first kappa shape index (κ1) is 44.2. The van der Waals surface area contributed by atoms with E-state index < -0.39 is 0 Å². The molecule has 0 heterocycles. The Kier molecular flexibility index (Phi) is 13.2. The molecule has 0 aliphatic rings. The van der Waals surface area contributed by atoms with Crippen molar-refractivity contribution in [2.24, 2.45) is 0 Å². The molecule has 9 rings (SSSR count). The highest BCUT2D eigenvalue weighted by Gasteiger charge is 2.15. The van der Waals surface area contributed by atoms with Crippen LogP contribution in [0.3, 0.4) is 0 Å².